The van der Waals surface area contributed by atoms with E-state index in [0.29, 0.717) is 23.1 Å². The summed E-state index contributed by atoms with van der Waals surface area (Å²) in [7, 11) is 0. The lowest BCUT2D eigenvalue weighted by molar-refractivity contribution is 0.0938. The minimum atomic E-state index is -0.288. The Kier molecular flexibility index (Phi) is 5.60. The molecule has 0 saturated carbocycles. The van der Waals surface area contributed by atoms with Crippen LogP contribution >= 0.6 is 11.3 Å². The summed E-state index contributed by atoms with van der Waals surface area (Å²) in [6.45, 7) is 8.33. The number of ether oxygens (including phenoxy) is 1. The minimum absolute atomic E-state index is 0.0236. The van der Waals surface area contributed by atoms with E-state index >= 15 is 0 Å². The number of carbonyl (C=O) groups is 1. The predicted molar refractivity (Wildman–Crippen MR) is 108 cm³/mol. The van der Waals surface area contributed by atoms with Gasteiger partial charge >= 0.3 is 0 Å². The molecule has 3 rings (SSSR count). The van der Waals surface area contributed by atoms with Gasteiger partial charge in [-0.05, 0) is 51.5 Å². The second kappa shape index (κ2) is 7.92. The Bertz CT molecular complexity index is 1020. The Morgan fingerprint density at radius 3 is 2.63 bits per heavy atom. The van der Waals surface area contributed by atoms with Crippen LogP contribution in [0.5, 0.6) is 5.75 Å². The van der Waals surface area contributed by atoms with Crippen molar-refractivity contribution in [3.63, 3.8) is 0 Å². The van der Waals surface area contributed by atoms with E-state index in [-0.39, 0.29) is 23.2 Å². The third-order valence-corrected chi connectivity index (χ3v) is 4.94. The topological polar surface area (TPSA) is 73.2 Å². The maximum atomic E-state index is 13.0. The van der Waals surface area contributed by atoms with E-state index in [1.54, 1.807) is 24.3 Å². The van der Waals surface area contributed by atoms with E-state index < -0.39 is 0 Å². The molecule has 1 N–H and O–H groups in total. The fraction of sp³-hybridized carbons (Fsp3) is 0.350. The van der Waals surface area contributed by atoms with E-state index in [1.165, 1.54) is 16.0 Å². The first-order chi connectivity index (χ1) is 12.9. The molecule has 0 aliphatic carbocycles. The van der Waals surface area contributed by atoms with Crippen molar-refractivity contribution in [1.29, 1.82) is 0 Å². The van der Waals surface area contributed by atoms with Crippen LogP contribution in [0.3, 0.4) is 0 Å². The van der Waals surface area contributed by atoms with Gasteiger partial charge in [-0.15, -0.1) is 11.3 Å². The Hall–Kier alpha value is -2.67. The fourth-order valence-electron chi connectivity index (χ4n) is 2.78. The summed E-state index contributed by atoms with van der Waals surface area (Å²) < 4.78 is 6.88. The molecule has 1 aromatic carbocycles. The van der Waals surface area contributed by atoms with Crippen molar-refractivity contribution >= 4 is 28.0 Å². The molecule has 7 heteroatoms. The largest absolute Gasteiger partial charge is 0.494 e. The van der Waals surface area contributed by atoms with Crippen LogP contribution in [0.4, 0.5) is 0 Å². The highest BCUT2D eigenvalue weighted by Crippen LogP contribution is 2.25. The number of carbonyl (C=O) groups excluding carboxylic acids is 1. The number of nitrogens with one attached hydrogen (secondary N) is 1. The third-order valence-electron chi connectivity index (χ3n) is 4.03. The number of aryl methyl sites for hydroxylation is 1. The smallest absolute Gasteiger partial charge is 0.280 e. The summed E-state index contributed by atoms with van der Waals surface area (Å²) in [5.41, 5.74) is 0.621. The van der Waals surface area contributed by atoms with Gasteiger partial charge in [-0.1, -0.05) is 6.92 Å². The number of benzene rings is 1. The number of amides is 1. The van der Waals surface area contributed by atoms with Crippen molar-refractivity contribution in [1.82, 2.24) is 15.1 Å². The van der Waals surface area contributed by atoms with Gasteiger partial charge in [0.15, 0.2) is 5.69 Å². The summed E-state index contributed by atoms with van der Waals surface area (Å²) in [6, 6.07) is 7.13. The molecular weight excluding hydrogens is 362 g/mol. The normalized spacial score (nSPS) is 11.1. The van der Waals surface area contributed by atoms with Crippen LogP contribution in [0.25, 0.3) is 16.5 Å². The zero-order valence-electron chi connectivity index (χ0n) is 15.9. The second-order valence-electron chi connectivity index (χ2n) is 6.62. The molecule has 6 nitrogen and oxygen atoms in total. The third kappa shape index (κ3) is 3.88. The highest BCUT2D eigenvalue weighted by molar-refractivity contribution is 7.11. The van der Waals surface area contributed by atoms with Crippen LogP contribution in [0, 0.1) is 6.92 Å². The van der Waals surface area contributed by atoms with Gasteiger partial charge in [0.05, 0.1) is 17.7 Å². The molecular formula is C20H23N3O3S. The molecule has 2 heterocycles. The number of hydrogen-bond donors (Lipinski definition) is 1. The number of rotatable bonds is 6. The summed E-state index contributed by atoms with van der Waals surface area (Å²) in [6.07, 6.45) is 0.922. The van der Waals surface area contributed by atoms with Gasteiger partial charge < -0.3 is 10.1 Å². The molecule has 0 radical (unpaired) electrons. The van der Waals surface area contributed by atoms with Crippen molar-refractivity contribution < 1.29 is 9.53 Å². The molecule has 0 fully saturated rings. The number of thiophene rings is 1. The second-order valence-corrected chi connectivity index (χ2v) is 7.70. The molecule has 27 heavy (non-hydrogen) atoms. The fourth-order valence-corrected chi connectivity index (χ4v) is 3.62. The average molecular weight is 385 g/mol. The first-order valence-electron chi connectivity index (χ1n) is 8.97. The van der Waals surface area contributed by atoms with Crippen molar-refractivity contribution in [2.75, 3.05) is 6.61 Å². The molecule has 142 valence electrons. The van der Waals surface area contributed by atoms with E-state index in [2.05, 4.69) is 10.4 Å². The first kappa shape index (κ1) is 19.1. The SMILES string of the molecule is CCCOc1ccc(-n2nc(C(=O)NC(C)C)c3csc(C)c3c2=O)cc1. The lowest BCUT2D eigenvalue weighted by atomic mass is 10.2. The first-order valence-corrected chi connectivity index (χ1v) is 9.85. The van der Waals surface area contributed by atoms with Gasteiger partial charge in [-0.2, -0.15) is 9.78 Å². The molecule has 1 amide bonds. The van der Waals surface area contributed by atoms with Gasteiger partial charge in [0, 0.05) is 21.7 Å². The van der Waals surface area contributed by atoms with Crippen LogP contribution in [0.1, 0.15) is 42.6 Å². The Balaban J connectivity index is 2.12. The molecule has 0 unspecified atom stereocenters. The van der Waals surface area contributed by atoms with Crippen LogP contribution in [0.2, 0.25) is 0 Å². The average Bonchev–Trinajstić information content (AvgIpc) is 3.02. The molecule has 0 saturated heterocycles. The number of hydrogen-bond acceptors (Lipinski definition) is 5. The molecule has 0 atom stereocenters. The summed E-state index contributed by atoms with van der Waals surface area (Å²) in [5.74, 6) is 0.448. The highest BCUT2D eigenvalue weighted by atomic mass is 32.1. The summed E-state index contributed by atoms with van der Waals surface area (Å²) in [4.78, 5) is 26.5. The minimum Gasteiger partial charge on any atom is -0.494 e. The van der Waals surface area contributed by atoms with E-state index in [4.69, 9.17) is 4.74 Å². The van der Waals surface area contributed by atoms with E-state index in [1.807, 2.05) is 33.1 Å². The van der Waals surface area contributed by atoms with Gasteiger partial charge in [0.2, 0.25) is 0 Å². The molecule has 0 aliphatic rings. The molecule has 0 spiro atoms. The number of fused-ring (bicyclic) bond motifs is 1. The standard InChI is InChI=1S/C20H23N3O3S/c1-5-10-26-15-8-6-14(7-9-15)23-20(25)17-13(4)27-11-16(17)18(22-23)19(24)21-12(2)3/h6-9,11-12H,5,10H2,1-4H3,(H,21,24). The van der Waals surface area contributed by atoms with Gasteiger partial charge in [0.25, 0.3) is 11.5 Å². The Labute approximate surface area is 161 Å². The van der Waals surface area contributed by atoms with Crippen molar-refractivity contribution in [2.45, 2.75) is 40.2 Å². The quantitative estimate of drug-likeness (QED) is 0.702. The molecule has 0 bridgehead atoms. The number of nitrogens with zero attached hydrogens (tertiary/aromatic N) is 2. The molecule has 0 aliphatic heterocycles. The predicted octanol–water partition coefficient (Wildman–Crippen LogP) is 3.68. The molecule has 3 aromatic rings. The lowest BCUT2D eigenvalue weighted by Crippen LogP contribution is -2.33. The van der Waals surface area contributed by atoms with Gasteiger partial charge in [-0.25, -0.2) is 0 Å². The lowest BCUT2D eigenvalue weighted by Gasteiger charge is -2.12. The van der Waals surface area contributed by atoms with Crippen LogP contribution in [-0.4, -0.2) is 28.3 Å². The van der Waals surface area contributed by atoms with E-state index in [9.17, 15) is 9.59 Å². The molecule has 2 aromatic heterocycles. The number of aromatic nitrogens is 2. The van der Waals surface area contributed by atoms with Crippen molar-refractivity contribution in [3.05, 3.63) is 50.6 Å². The Morgan fingerprint density at radius 1 is 1.30 bits per heavy atom. The van der Waals surface area contributed by atoms with Gasteiger partial charge in [-0.3, -0.25) is 9.59 Å². The maximum Gasteiger partial charge on any atom is 0.280 e. The van der Waals surface area contributed by atoms with Crippen molar-refractivity contribution in [2.24, 2.45) is 0 Å². The van der Waals surface area contributed by atoms with Gasteiger partial charge in [0.1, 0.15) is 5.75 Å². The van der Waals surface area contributed by atoms with Crippen LogP contribution < -0.4 is 15.6 Å². The van der Waals surface area contributed by atoms with Crippen molar-refractivity contribution in [3.8, 4) is 11.4 Å². The van der Waals surface area contributed by atoms with Crippen LogP contribution in [-0.2, 0) is 0 Å². The zero-order valence-corrected chi connectivity index (χ0v) is 16.7. The summed E-state index contributed by atoms with van der Waals surface area (Å²) >= 11 is 1.44. The zero-order chi connectivity index (χ0) is 19.6. The van der Waals surface area contributed by atoms with E-state index in [0.717, 1.165) is 17.0 Å². The summed E-state index contributed by atoms with van der Waals surface area (Å²) in [5, 5.41) is 10.2. The highest BCUT2D eigenvalue weighted by Gasteiger charge is 2.20. The monoisotopic (exact) mass is 385 g/mol. The maximum absolute atomic E-state index is 13.0. The Morgan fingerprint density at radius 2 is 2.00 bits per heavy atom. The van der Waals surface area contributed by atoms with Crippen LogP contribution in [0.15, 0.2) is 34.4 Å².